The monoisotopic (exact) mass is 334 g/mol. The van der Waals surface area contributed by atoms with Gasteiger partial charge in [-0.25, -0.2) is 0 Å². The minimum atomic E-state index is -0.111. The zero-order valence-electron chi connectivity index (χ0n) is 14.6. The Morgan fingerprint density at radius 1 is 0.833 bits per heavy atom. The van der Waals surface area contributed by atoms with Crippen LogP contribution in [0.3, 0.4) is 0 Å². The molecule has 1 N–H and O–H groups in total. The summed E-state index contributed by atoms with van der Waals surface area (Å²) in [6.45, 7) is 0.253. The third-order valence-corrected chi connectivity index (χ3v) is 5.97. The molecule has 1 heterocycles. The first kappa shape index (κ1) is 17.4. The van der Waals surface area contributed by atoms with Crippen LogP contribution in [0.5, 0.6) is 0 Å². The van der Waals surface area contributed by atoms with E-state index < -0.39 is 0 Å². The molecule has 3 amide bonds. The van der Waals surface area contributed by atoms with Crippen molar-refractivity contribution in [2.75, 3.05) is 6.54 Å². The Labute approximate surface area is 144 Å². The number of hydrogen-bond donors (Lipinski definition) is 1. The van der Waals surface area contributed by atoms with Crippen LogP contribution < -0.4 is 5.32 Å². The fourth-order valence-electron chi connectivity index (χ4n) is 4.57. The van der Waals surface area contributed by atoms with Gasteiger partial charge in [0.25, 0.3) is 0 Å². The van der Waals surface area contributed by atoms with E-state index >= 15 is 0 Å². The zero-order valence-corrected chi connectivity index (χ0v) is 14.6. The van der Waals surface area contributed by atoms with Crippen molar-refractivity contribution in [3.63, 3.8) is 0 Å². The van der Waals surface area contributed by atoms with Crippen LogP contribution in [-0.4, -0.2) is 35.2 Å². The fourth-order valence-corrected chi connectivity index (χ4v) is 4.57. The predicted octanol–water partition coefficient (Wildman–Crippen LogP) is 2.78. The van der Waals surface area contributed by atoms with Crippen LogP contribution in [0.25, 0.3) is 0 Å². The minimum Gasteiger partial charge on any atom is -0.353 e. The van der Waals surface area contributed by atoms with E-state index in [1.807, 2.05) is 0 Å². The van der Waals surface area contributed by atoms with E-state index in [1.54, 1.807) is 0 Å². The molecule has 5 heteroatoms. The van der Waals surface area contributed by atoms with Gasteiger partial charge in [-0.15, -0.1) is 0 Å². The standard InChI is InChI=1S/C19H30N2O3/c22-17(20-14-8-4-2-1-3-5-9-14)12-13-21-18(23)15-10-6-7-11-16(15)19(21)24/h14-16H,1-13H2,(H,20,22). The van der Waals surface area contributed by atoms with Gasteiger partial charge in [0.05, 0.1) is 11.8 Å². The molecule has 0 radical (unpaired) electrons. The normalized spacial score (nSPS) is 29.1. The molecule has 1 aliphatic heterocycles. The van der Waals surface area contributed by atoms with Crippen LogP contribution >= 0.6 is 0 Å². The average Bonchev–Trinajstić information content (AvgIpc) is 2.80. The van der Waals surface area contributed by atoms with Crippen LogP contribution in [0.4, 0.5) is 0 Å². The molecular weight excluding hydrogens is 304 g/mol. The maximum Gasteiger partial charge on any atom is 0.233 e. The van der Waals surface area contributed by atoms with Crippen molar-refractivity contribution in [1.29, 1.82) is 0 Å². The summed E-state index contributed by atoms with van der Waals surface area (Å²) in [6.07, 6.45) is 12.3. The topological polar surface area (TPSA) is 66.5 Å². The van der Waals surface area contributed by atoms with Crippen LogP contribution in [0.15, 0.2) is 0 Å². The number of likely N-dealkylation sites (tertiary alicyclic amines) is 1. The van der Waals surface area contributed by atoms with E-state index in [-0.39, 0.29) is 48.6 Å². The molecule has 134 valence electrons. The van der Waals surface area contributed by atoms with Gasteiger partial charge in [0.2, 0.25) is 17.7 Å². The Morgan fingerprint density at radius 2 is 1.33 bits per heavy atom. The third-order valence-electron chi connectivity index (χ3n) is 5.97. The number of carbonyl (C=O) groups is 3. The van der Waals surface area contributed by atoms with Crippen LogP contribution in [0.2, 0.25) is 0 Å². The number of carbonyl (C=O) groups excluding carboxylic acids is 3. The van der Waals surface area contributed by atoms with Gasteiger partial charge in [-0.3, -0.25) is 19.3 Å². The Bertz CT molecular complexity index is 459. The number of hydrogen-bond acceptors (Lipinski definition) is 3. The molecule has 24 heavy (non-hydrogen) atoms. The van der Waals surface area contributed by atoms with Crippen molar-refractivity contribution >= 4 is 17.7 Å². The molecule has 3 rings (SSSR count). The summed E-state index contributed by atoms with van der Waals surface area (Å²) in [7, 11) is 0. The van der Waals surface area contributed by atoms with Crippen molar-refractivity contribution in [2.45, 2.75) is 83.1 Å². The van der Waals surface area contributed by atoms with Crippen molar-refractivity contribution in [2.24, 2.45) is 11.8 Å². The predicted molar refractivity (Wildman–Crippen MR) is 91.0 cm³/mol. The van der Waals surface area contributed by atoms with E-state index in [9.17, 15) is 14.4 Å². The first-order chi connectivity index (χ1) is 11.7. The average molecular weight is 334 g/mol. The van der Waals surface area contributed by atoms with Gasteiger partial charge in [-0.05, 0) is 25.7 Å². The van der Waals surface area contributed by atoms with Gasteiger partial charge in [-0.1, -0.05) is 44.9 Å². The van der Waals surface area contributed by atoms with Gasteiger partial charge in [0, 0.05) is 19.0 Å². The first-order valence-electron chi connectivity index (χ1n) is 9.81. The molecule has 0 aromatic rings. The Balaban J connectivity index is 1.47. The van der Waals surface area contributed by atoms with Gasteiger partial charge >= 0.3 is 0 Å². The lowest BCUT2D eigenvalue weighted by Gasteiger charge is -2.21. The Kier molecular flexibility index (Phi) is 5.90. The van der Waals surface area contributed by atoms with Gasteiger partial charge < -0.3 is 5.32 Å². The van der Waals surface area contributed by atoms with Crippen LogP contribution in [0.1, 0.15) is 77.0 Å². The number of imide groups is 1. The number of fused-ring (bicyclic) bond motifs is 1. The molecular formula is C19H30N2O3. The summed E-state index contributed by atoms with van der Waals surface area (Å²) in [5.74, 6) is -0.317. The summed E-state index contributed by atoms with van der Waals surface area (Å²) in [6, 6.07) is 0.269. The number of amides is 3. The highest BCUT2D eigenvalue weighted by molar-refractivity contribution is 6.05. The quantitative estimate of drug-likeness (QED) is 0.804. The molecule has 2 saturated carbocycles. The van der Waals surface area contributed by atoms with Gasteiger partial charge in [-0.2, -0.15) is 0 Å². The van der Waals surface area contributed by atoms with Crippen molar-refractivity contribution in [3.8, 4) is 0 Å². The number of nitrogens with zero attached hydrogens (tertiary/aromatic N) is 1. The zero-order chi connectivity index (χ0) is 16.9. The van der Waals surface area contributed by atoms with Crippen molar-refractivity contribution < 1.29 is 14.4 Å². The lowest BCUT2D eigenvalue weighted by atomic mass is 9.81. The molecule has 5 nitrogen and oxygen atoms in total. The largest absolute Gasteiger partial charge is 0.353 e. The first-order valence-corrected chi connectivity index (χ1v) is 9.81. The molecule has 0 bridgehead atoms. The summed E-state index contributed by atoms with van der Waals surface area (Å²) in [5.41, 5.74) is 0. The molecule has 0 spiro atoms. The lowest BCUT2D eigenvalue weighted by molar-refractivity contribution is -0.140. The maximum absolute atomic E-state index is 12.4. The smallest absolute Gasteiger partial charge is 0.233 e. The second kappa shape index (κ2) is 8.13. The molecule has 3 aliphatic rings. The second-order valence-electron chi connectivity index (χ2n) is 7.69. The highest BCUT2D eigenvalue weighted by Gasteiger charge is 2.47. The second-order valence-corrected chi connectivity index (χ2v) is 7.69. The fraction of sp³-hybridized carbons (Fsp3) is 0.842. The number of rotatable bonds is 4. The van der Waals surface area contributed by atoms with Crippen LogP contribution in [-0.2, 0) is 14.4 Å². The van der Waals surface area contributed by atoms with E-state index in [1.165, 1.54) is 37.0 Å². The minimum absolute atomic E-state index is 0.0176. The summed E-state index contributed by atoms with van der Waals surface area (Å²) in [4.78, 5) is 38.4. The van der Waals surface area contributed by atoms with Crippen molar-refractivity contribution in [3.05, 3.63) is 0 Å². The highest BCUT2D eigenvalue weighted by Crippen LogP contribution is 2.37. The highest BCUT2D eigenvalue weighted by atomic mass is 16.2. The molecule has 2 unspecified atom stereocenters. The molecule has 2 aliphatic carbocycles. The molecule has 0 aromatic carbocycles. The summed E-state index contributed by atoms with van der Waals surface area (Å²) < 4.78 is 0. The van der Waals surface area contributed by atoms with E-state index in [0.717, 1.165) is 38.5 Å². The van der Waals surface area contributed by atoms with Gasteiger partial charge in [0.15, 0.2) is 0 Å². The SMILES string of the molecule is O=C(CCN1C(=O)C2CCCCC2C1=O)NC1CCCCCCC1. The Hall–Kier alpha value is -1.39. The lowest BCUT2D eigenvalue weighted by Crippen LogP contribution is -2.39. The summed E-state index contributed by atoms with van der Waals surface area (Å²) >= 11 is 0. The molecule has 0 aromatic heterocycles. The summed E-state index contributed by atoms with van der Waals surface area (Å²) in [5, 5.41) is 3.11. The Morgan fingerprint density at radius 3 is 1.92 bits per heavy atom. The molecule has 3 fully saturated rings. The third kappa shape index (κ3) is 3.98. The maximum atomic E-state index is 12.4. The molecule has 1 saturated heterocycles. The molecule has 2 atom stereocenters. The van der Waals surface area contributed by atoms with E-state index in [0.29, 0.717) is 0 Å². The number of nitrogens with one attached hydrogen (secondary N) is 1. The van der Waals surface area contributed by atoms with Crippen LogP contribution in [0, 0.1) is 11.8 Å². The van der Waals surface area contributed by atoms with E-state index in [2.05, 4.69) is 5.32 Å². The van der Waals surface area contributed by atoms with Gasteiger partial charge in [0.1, 0.15) is 0 Å². The van der Waals surface area contributed by atoms with E-state index in [4.69, 9.17) is 0 Å². The van der Waals surface area contributed by atoms with Crippen molar-refractivity contribution in [1.82, 2.24) is 10.2 Å².